The van der Waals surface area contributed by atoms with Gasteiger partial charge >= 0.3 is 0 Å². The first kappa shape index (κ1) is 22.2. The molecule has 0 saturated carbocycles. The fraction of sp³-hybridized carbons (Fsp3) is 0.520. The molecule has 7 heteroatoms. The van der Waals surface area contributed by atoms with E-state index in [-0.39, 0.29) is 0 Å². The monoisotopic (exact) mass is 436 g/mol. The number of oxime groups is 2. The molecule has 2 aliphatic carbocycles. The molecule has 0 radical (unpaired) electrons. The van der Waals surface area contributed by atoms with Crippen molar-refractivity contribution in [2.75, 3.05) is 19.8 Å². The van der Waals surface area contributed by atoms with Gasteiger partial charge in [-0.15, -0.1) is 0 Å². The Hall–Kier alpha value is -2.96. The summed E-state index contributed by atoms with van der Waals surface area (Å²) >= 11 is 0. The van der Waals surface area contributed by atoms with Crippen LogP contribution < -0.4 is 4.74 Å². The van der Waals surface area contributed by atoms with Crippen LogP contribution in [0.25, 0.3) is 0 Å². The topological polar surface area (TPSA) is 78.2 Å². The highest BCUT2D eigenvalue weighted by atomic mass is 16.6. The fourth-order valence-electron chi connectivity index (χ4n) is 4.20. The van der Waals surface area contributed by atoms with Crippen molar-refractivity contribution >= 4 is 11.4 Å². The van der Waals surface area contributed by atoms with Gasteiger partial charge in [-0.05, 0) is 70.9 Å². The molecule has 2 aromatic heterocycles. The molecule has 32 heavy (non-hydrogen) atoms. The number of aryl methyl sites for hydroxylation is 3. The minimum absolute atomic E-state index is 0.474. The molecule has 2 aromatic rings. The molecule has 0 unspecified atom stereocenters. The van der Waals surface area contributed by atoms with Gasteiger partial charge in [-0.3, -0.25) is 9.97 Å². The molecule has 7 nitrogen and oxygen atoms in total. The third-order valence-corrected chi connectivity index (χ3v) is 5.70. The number of pyridine rings is 2. The largest absolute Gasteiger partial charge is 0.493 e. The number of rotatable bonds is 8. The lowest BCUT2D eigenvalue weighted by Crippen LogP contribution is -2.17. The van der Waals surface area contributed by atoms with Crippen molar-refractivity contribution in [1.29, 1.82) is 0 Å². The SMILES string of the molecule is CCOc1cc(C)nc2c1CCC/C2=N\OCCCO/N=C1\CCCc2ccc(C)nc21. The van der Waals surface area contributed by atoms with Gasteiger partial charge in [0.1, 0.15) is 30.4 Å². The number of nitrogens with zero attached hydrogens (tertiary/aromatic N) is 4. The zero-order chi connectivity index (χ0) is 22.3. The molecule has 0 aliphatic heterocycles. The summed E-state index contributed by atoms with van der Waals surface area (Å²) in [7, 11) is 0. The van der Waals surface area contributed by atoms with Crippen molar-refractivity contribution in [3.63, 3.8) is 0 Å². The molecular weight excluding hydrogens is 404 g/mol. The summed E-state index contributed by atoms with van der Waals surface area (Å²) in [6.45, 7) is 7.59. The molecule has 0 bridgehead atoms. The van der Waals surface area contributed by atoms with Crippen molar-refractivity contribution in [1.82, 2.24) is 9.97 Å². The fourth-order valence-corrected chi connectivity index (χ4v) is 4.20. The third-order valence-electron chi connectivity index (χ3n) is 5.70. The lowest BCUT2D eigenvalue weighted by Gasteiger charge is -2.20. The molecule has 4 rings (SSSR count). The molecule has 0 spiro atoms. The van der Waals surface area contributed by atoms with Crippen LogP contribution in [0, 0.1) is 13.8 Å². The lowest BCUT2D eigenvalue weighted by atomic mass is 9.93. The Morgan fingerprint density at radius 1 is 0.844 bits per heavy atom. The number of fused-ring (bicyclic) bond motifs is 2. The average molecular weight is 437 g/mol. The molecule has 170 valence electrons. The van der Waals surface area contributed by atoms with E-state index < -0.39 is 0 Å². The molecule has 0 atom stereocenters. The van der Waals surface area contributed by atoms with E-state index >= 15 is 0 Å². The quantitative estimate of drug-likeness (QED) is 0.443. The Labute approximate surface area is 189 Å². The second kappa shape index (κ2) is 10.6. The third kappa shape index (κ3) is 5.26. The molecule has 0 amide bonds. The maximum absolute atomic E-state index is 5.81. The van der Waals surface area contributed by atoms with Gasteiger partial charge in [0.15, 0.2) is 0 Å². The number of hydrogen-bond donors (Lipinski definition) is 0. The van der Waals surface area contributed by atoms with Crippen LogP contribution in [0.2, 0.25) is 0 Å². The van der Waals surface area contributed by atoms with E-state index in [1.165, 1.54) is 5.56 Å². The van der Waals surface area contributed by atoms with Crippen LogP contribution in [0.15, 0.2) is 28.5 Å². The van der Waals surface area contributed by atoms with Gasteiger partial charge in [-0.2, -0.15) is 0 Å². The van der Waals surface area contributed by atoms with E-state index in [9.17, 15) is 0 Å². The van der Waals surface area contributed by atoms with Gasteiger partial charge in [-0.25, -0.2) is 0 Å². The molecule has 2 heterocycles. The first-order chi connectivity index (χ1) is 15.7. The molecule has 0 aromatic carbocycles. The second-order valence-corrected chi connectivity index (χ2v) is 8.29. The van der Waals surface area contributed by atoms with E-state index in [0.29, 0.717) is 26.2 Å². The number of aromatic nitrogens is 2. The molecule has 0 N–H and O–H groups in total. The van der Waals surface area contributed by atoms with Crippen molar-refractivity contribution < 1.29 is 14.4 Å². The number of hydrogen-bond acceptors (Lipinski definition) is 7. The normalized spacial score (nSPS) is 17.7. The minimum atomic E-state index is 0.474. The summed E-state index contributed by atoms with van der Waals surface area (Å²) in [5.41, 5.74) is 8.09. The smallest absolute Gasteiger partial charge is 0.126 e. The molecule has 2 aliphatic rings. The van der Waals surface area contributed by atoms with Gasteiger partial charge in [0.05, 0.1) is 18.0 Å². The van der Waals surface area contributed by atoms with Crippen LogP contribution in [0.1, 0.15) is 72.9 Å². The maximum atomic E-state index is 5.81. The Bertz CT molecular complexity index is 1020. The maximum Gasteiger partial charge on any atom is 0.126 e. The summed E-state index contributed by atoms with van der Waals surface area (Å²) in [6.07, 6.45) is 6.60. The van der Waals surface area contributed by atoms with Crippen LogP contribution in [0.3, 0.4) is 0 Å². The summed E-state index contributed by atoms with van der Waals surface area (Å²) in [4.78, 5) is 20.5. The Morgan fingerprint density at radius 2 is 1.53 bits per heavy atom. The van der Waals surface area contributed by atoms with Crippen molar-refractivity contribution in [3.8, 4) is 5.75 Å². The van der Waals surface area contributed by atoms with Crippen LogP contribution in [-0.4, -0.2) is 41.2 Å². The average Bonchev–Trinajstić information content (AvgIpc) is 2.79. The van der Waals surface area contributed by atoms with Crippen LogP contribution in [0.5, 0.6) is 5.75 Å². The highest BCUT2D eigenvalue weighted by molar-refractivity contribution is 6.01. The number of ether oxygens (including phenoxy) is 1. The van der Waals surface area contributed by atoms with E-state index in [0.717, 1.165) is 84.0 Å². The highest BCUT2D eigenvalue weighted by Gasteiger charge is 2.22. The zero-order valence-corrected chi connectivity index (χ0v) is 19.3. The Morgan fingerprint density at radius 3 is 2.28 bits per heavy atom. The lowest BCUT2D eigenvalue weighted by molar-refractivity contribution is 0.0894. The van der Waals surface area contributed by atoms with Crippen LogP contribution in [0.4, 0.5) is 0 Å². The summed E-state index contributed by atoms with van der Waals surface area (Å²) in [5, 5.41) is 8.75. The van der Waals surface area contributed by atoms with Crippen molar-refractivity contribution in [2.45, 2.75) is 65.7 Å². The molecule has 0 saturated heterocycles. The predicted octanol–water partition coefficient (Wildman–Crippen LogP) is 4.70. The van der Waals surface area contributed by atoms with Gasteiger partial charge in [0.25, 0.3) is 0 Å². The Kier molecular flexibility index (Phi) is 7.35. The van der Waals surface area contributed by atoms with Crippen molar-refractivity contribution in [3.05, 3.63) is 52.1 Å². The van der Waals surface area contributed by atoms with Gasteiger partial charge in [0, 0.05) is 29.4 Å². The molecule has 0 fully saturated rings. The molecular formula is C25H32N4O3. The van der Waals surface area contributed by atoms with E-state index in [2.05, 4.69) is 27.4 Å². The summed E-state index contributed by atoms with van der Waals surface area (Å²) < 4.78 is 5.81. The van der Waals surface area contributed by atoms with Crippen LogP contribution >= 0.6 is 0 Å². The van der Waals surface area contributed by atoms with Gasteiger partial charge < -0.3 is 14.4 Å². The van der Waals surface area contributed by atoms with Crippen molar-refractivity contribution in [2.24, 2.45) is 10.3 Å². The first-order valence-corrected chi connectivity index (χ1v) is 11.6. The van der Waals surface area contributed by atoms with Gasteiger partial charge in [-0.1, -0.05) is 16.4 Å². The summed E-state index contributed by atoms with van der Waals surface area (Å²) in [6, 6.07) is 6.21. The first-order valence-electron chi connectivity index (χ1n) is 11.6. The van der Waals surface area contributed by atoms with Gasteiger partial charge in [0.2, 0.25) is 0 Å². The van der Waals surface area contributed by atoms with E-state index in [1.807, 2.05) is 26.8 Å². The van der Waals surface area contributed by atoms with E-state index in [4.69, 9.17) is 19.4 Å². The van der Waals surface area contributed by atoms with Crippen LogP contribution in [-0.2, 0) is 22.5 Å². The second-order valence-electron chi connectivity index (χ2n) is 8.29. The minimum Gasteiger partial charge on any atom is -0.493 e. The Balaban J connectivity index is 1.29. The predicted molar refractivity (Wildman–Crippen MR) is 125 cm³/mol. The summed E-state index contributed by atoms with van der Waals surface area (Å²) in [5.74, 6) is 0.920. The highest BCUT2D eigenvalue weighted by Crippen LogP contribution is 2.30. The standard InChI is InChI=1S/C25H32N4O3/c1-4-30-23-16-18(3)27-25-20(23)9-6-11-22(25)29-32-15-7-14-31-28-21-10-5-8-19-13-12-17(2)26-24(19)21/h12-13,16H,4-11,14-15H2,1-3H3/b28-21+,29-22+. The zero-order valence-electron chi connectivity index (χ0n) is 19.3. The van der Waals surface area contributed by atoms with E-state index in [1.54, 1.807) is 0 Å².